The number of imidazole rings is 1. The van der Waals surface area contributed by atoms with Gasteiger partial charge in [0.2, 0.25) is 5.95 Å². The average Bonchev–Trinajstić information content (AvgIpc) is 2.88. The van der Waals surface area contributed by atoms with E-state index in [1.165, 1.54) is 0 Å². The van der Waals surface area contributed by atoms with E-state index >= 15 is 0 Å². The first-order valence-corrected chi connectivity index (χ1v) is 5.00. The lowest BCUT2D eigenvalue weighted by Crippen LogP contribution is -1.96. The Labute approximate surface area is 83.9 Å². The van der Waals surface area contributed by atoms with Crippen molar-refractivity contribution in [3.63, 3.8) is 0 Å². The number of aromatic nitrogens is 4. The van der Waals surface area contributed by atoms with Crippen LogP contribution in [-0.4, -0.2) is 19.5 Å². The summed E-state index contributed by atoms with van der Waals surface area (Å²) in [6.45, 7) is 0. The molecule has 14 heavy (non-hydrogen) atoms. The lowest BCUT2D eigenvalue weighted by atomic mass is 10.4. The summed E-state index contributed by atoms with van der Waals surface area (Å²) in [5.41, 5.74) is 0. The van der Waals surface area contributed by atoms with Gasteiger partial charge in [0, 0.05) is 24.0 Å². The van der Waals surface area contributed by atoms with E-state index in [4.69, 9.17) is 0 Å². The molecule has 0 aromatic carbocycles. The number of hydrogen-bond donors (Lipinski definition) is 0. The van der Waals surface area contributed by atoms with E-state index < -0.39 is 0 Å². The topological polar surface area (TPSA) is 43.6 Å². The Bertz CT molecular complexity index is 555. The van der Waals surface area contributed by atoms with Gasteiger partial charge in [-0.25, -0.2) is 15.0 Å². The molecular weight excluding hydrogens is 196 g/mol. The van der Waals surface area contributed by atoms with Gasteiger partial charge in [0.1, 0.15) is 11.2 Å². The molecule has 0 spiro atoms. The van der Waals surface area contributed by atoms with Crippen LogP contribution < -0.4 is 0 Å². The van der Waals surface area contributed by atoms with Crippen molar-refractivity contribution in [2.24, 2.45) is 0 Å². The van der Waals surface area contributed by atoms with Gasteiger partial charge >= 0.3 is 0 Å². The Kier molecular flexibility index (Phi) is 1.57. The summed E-state index contributed by atoms with van der Waals surface area (Å²) in [6, 6.07) is 2.01. The van der Waals surface area contributed by atoms with Crippen molar-refractivity contribution in [3.05, 3.63) is 36.4 Å². The van der Waals surface area contributed by atoms with Crippen LogP contribution >= 0.6 is 11.3 Å². The minimum atomic E-state index is 0.664. The van der Waals surface area contributed by atoms with Crippen molar-refractivity contribution in [2.75, 3.05) is 0 Å². The molecule has 0 aliphatic rings. The standard InChI is InChI=1S/C9H6N4S/c1-4-14-8-7(1)5-11-9(12-8)13-3-2-10-6-13/h1-6H. The van der Waals surface area contributed by atoms with E-state index in [1.807, 2.05) is 23.8 Å². The van der Waals surface area contributed by atoms with Crippen LogP contribution in [0.4, 0.5) is 0 Å². The molecule has 0 bridgehead atoms. The fourth-order valence-corrected chi connectivity index (χ4v) is 1.98. The van der Waals surface area contributed by atoms with Crippen LogP contribution in [0.3, 0.4) is 0 Å². The Morgan fingerprint density at radius 2 is 2.36 bits per heavy atom. The second-order valence-electron chi connectivity index (χ2n) is 2.82. The highest BCUT2D eigenvalue weighted by molar-refractivity contribution is 7.16. The summed E-state index contributed by atoms with van der Waals surface area (Å²) < 4.78 is 1.79. The van der Waals surface area contributed by atoms with Crippen LogP contribution in [0.25, 0.3) is 16.2 Å². The van der Waals surface area contributed by atoms with Gasteiger partial charge in [0.25, 0.3) is 0 Å². The highest BCUT2D eigenvalue weighted by Crippen LogP contribution is 2.17. The maximum absolute atomic E-state index is 4.41. The van der Waals surface area contributed by atoms with Crippen LogP contribution in [0.1, 0.15) is 0 Å². The van der Waals surface area contributed by atoms with E-state index in [-0.39, 0.29) is 0 Å². The van der Waals surface area contributed by atoms with Gasteiger partial charge < -0.3 is 0 Å². The smallest absolute Gasteiger partial charge is 0.236 e. The number of thiophene rings is 1. The minimum absolute atomic E-state index is 0.664. The van der Waals surface area contributed by atoms with E-state index in [0.717, 1.165) is 10.2 Å². The molecule has 3 aromatic rings. The van der Waals surface area contributed by atoms with Crippen LogP contribution in [-0.2, 0) is 0 Å². The first-order chi connectivity index (χ1) is 6.93. The summed E-state index contributed by atoms with van der Waals surface area (Å²) in [6.07, 6.45) is 7.06. The maximum atomic E-state index is 4.41. The first-order valence-electron chi connectivity index (χ1n) is 4.12. The summed E-state index contributed by atoms with van der Waals surface area (Å²) >= 11 is 1.61. The monoisotopic (exact) mass is 202 g/mol. The van der Waals surface area contributed by atoms with E-state index in [2.05, 4.69) is 15.0 Å². The average molecular weight is 202 g/mol. The summed E-state index contributed by atoms with van der Waals surface area (Å²) in [5.74, 6) is 0.664. The molecule has 0 atom stereocenters. The van der Waals surface area contributed by atoms with E-state index in [9.17, 15) is 0 Å². The van der Waals surface area contributed by atoms with Crippen molar-refractivity contribution < 1.29 is 0 Å². The number of rotatable bonds is 1. The van der Waals surface area contributed by atoms with Gasteiger partial charge in [0.05, 0.1) is 0 Å². The van der Waals surface area contributed by atoms with Gasteiger partial charge in [-0.15, -0.1) is 11.3 Å². The predicted molar refractivity (Wildman–Crippen MR) is 54.5 cm³/mol. The molecule has 0 unspecified atom stereocenters. The molecule has 4 nitrogen and oxygen atoms in total. The van der Waals surface area contributed by atoms with Crippen molar-refractivity contribution in [1.82, 2.24) is 19.5 Å². The van der Waals surface area contributed by atoms with Crippen molar-refractivity contribution in [1.29, 1.82) is 0 Å². The molecule has 0 saturated carbocycles. The molecule has 0 aliphatic heterocycles. The fourth-order valence-electron chi connectivity index (χ4n) is 1.25. The van der Waals surface area contributed by atoms with Gasteiger partial charge in [-0.3, -0.25) is 4.57 Å². The zero-order valence-electron chi connectivity index (χ0n) is 7.16. The Morgan fingerprint density at radius 1 is 1.36 bits per heavy atom. The van der Waals surface area contributed by atoms with Gasteiger partial charge in [-0.1, -0.05) is 0 Å². The number of hydrogen-bond acceptors (Lipinski definition) is 4. The molecule has 0 amide bonds. The SMILES string of the molecule is c1cn(-c2ncc3ccsc3n2)cn1. The normalized spacial score (nSPS) is 10.9. The maximum Gasteiger partial charge on any atom is 0.236 e. The second-order valence-corrected chi connectivity index (χ2v) is 3.72. The lowest BCUT2D eigenvalue weighted by molar-refractivity contribution is 0.943. The third kappa shape index (κ3) is 1.10. The molecule has 5 heteroatoms. The molecule has 0 fully saturated rings. The van der Waals surface area contributed by atoms with Gasteiger partial charge in [-0.05, 0) is 11.4 Å². The molecule has 0 radical (unpaired) electrons. The molecule has 0 N–H and O–H groups in total. The third-order valence-electron chi connectivity index (χ3n) is 1.93. The van der Waals surface area contributed by atoms with Crippen LogP contribution in [0.5, 0.6) is 0 Å². The van der Waals surface area contributed by atoms with Gasteiger partial charge in [-0.2, -0.15) is 0 Å². The highest BCUT2D eigenvalue weighted by Gasteiger charge is 2.01. The van der Waals surface area contributed by atoms with Crippen molar-refractivity contribution >= 4 is 21.6 Å². The molecule has 0 saturated heterocycles. The van der Waals surface area contributed by atoms with E-state index in [0.29, 0.717) is 5.95 Å². The van der Waals surface area contributed by atoms with Gasteiger partial charge in [0.15, 0.2) is 0 Å². The Balaban J connectivity index is 2.23. The van der Waals surface area contributed by atoms with Crippen molar-refractivity contribution in [2.45, 2.75) is 0 Å². The molecule has 68 valence electrons. The fraction of sp³-hybridized carbons (Fsp3) is 0. The second kappa shape index (κ2) is 2.88. The summed E-state index contributed by atoms with van der Waals surface area (Å²) in [4.78, 5) is 13.6. The summed E-state index contributed by atoms with van der Waals surface area (Å²) in [5, 5.41) is 3.09. The molecule has 3 aromatic heterocycles. The van der Waals surface area contributed by atoms with Crippen LogP contribution in [0.2, 0.25) is 0 Å². The zero-order chi connectivity index (χ0) is 9.38. The largest absolute Gasteiger partial charge is 0.274 e. The molecule has 0 aliphatic carbocycles. The zero-order valence-corrected chi connectivity index (χ0v) is 7.98. The lowest BCUT2D eigenvalue weighted by Gasteiger charge is -1.98. The van der Waals surface area contributed by atoms with Crippen LogP contribution in [0, 0.1) is 0 Å². The van der Waals surface area contributed by atoms with E-state index in [1.54, 1.807) is 28.4 Å². The Morgan fingerprint density at radius 3 is 3.21 bits per heavy atom. The number of nitrogens with zero attached hydrogens (tertiary/aromatic N) is 4. The van der Waals surface area contributed by atoms with Crippen LogP contribution in [0.15, 0.2) is 36.4 Å². The third-order valence-corrected chi connectivity index (χ3v) is 2.75. The molecule has 3 heterocycles. The molecular formula is C9H6N4S. The predicted octanol–water partition coefficient (Wildman–Crippen LogP) is 1.88. The van der Waals surface area contributed by atoms with Crippen molar-refractivity contribution in [3.8, 4) is 5.95 Å². The quantitative estimate of drug-likeness (QED) is 0.605. The summed E-state index contributed by atoms with van der Waals surface area (Å²) in [7, 11) is 0. The molecule has 3 rings (SSSR count). The highest BCUT2D eigenvalue weighted by atomic mass is 32.1. The first kappa shape index (κ1) is 7.64. The Hall–Kier alpha value is -1.75. The number of fused-ring (bicyclic) bond motifs is 1. The minimum Gasteiger partial charge on any atom is -0.274 e.